The van der Waals surface area contributed by atoms with Crippen LogP contribution >= 0.6 is 23.4 Å². The first-order chi connectivity index (χ1) is 17.8. The van der Waals surface area contributed by atoms with E-state index in [-0.39, 0.29) is 36.3 Å². The van der Waals surface area contributed by atoms with E-state index in [4.69, 9.17) is 16.3 Å². The molecule has 196 valence electrons. The first-order valence-corrected chi connectivity index (χ1v) is 13.7. The smallest absolute Gasteiger partial charge is 0.303 e. The van der Waals surface area contributed by atoms with Crippen molar-refractivity contribution in [3.63, 3.8) is 0 Å². The first kappa shape index (κ1) is 27.4. The number of likely N-dealkylation sites (tertiary alicyclic amines) is 1. The van der Waals surface area contributed by atoms with E-state index in [0.29, 0.717) is 40.2 Å². The van der Waals surface area contributed by atoms with Crippen LogP contribution in [0.2, 0.25) is 5.02 Å². The monoisotopic (exact) mass is 544 g/mol. The molecule has 3 aromatic rings. The fourth-order valence-corrected chi connectivity index (χ4v) is 6.26. The number of carboxylic acid groups (broad SMARTS) is 1. The van der Waals surface area contributed by atoms with E-state index in [2.05, 4.69) is 9.88 Å². The number of ether oxygens (including phenoxy) is 1. The van der Waals surface area contributed by atoms with Crippen LogP contribution in [0.15, 0.2) is 53.6 Å². The molecule has 4 rings (SSSR count). The van der Waals surface area contributed by atoms with Crippen molar-refractivity contribution >= 4 is 46.0 Å². The van der Waals surface area contributed by atoms with Gasteiger partial charge in [0.15, 0.2) is 5.78 Å². The Morgan fingerprint density at radius 3 is 2.84 bits per heavy atom. The molecule has 2 heterocycles. The average molecular weight is 545 g/mol. The third-order valence-corrected chi connectivity index (χ3v) is 8.20. The minimum Gasteiger partial charge on any atom is -0.497 e. The van der Waals surface area contributed by atoms with E-state index in [0.717, 1.165) is 30.2 Å². The molecule has 1 fully saturated rings. The molecule has 1 aliphatic heterocycles. The van der Waals surface area contributed by atoms with Gasteiger partial charge in [-0.05, 0) is 67.6 Å². The summed E-state index contributed by atoms with van der Waals surface area (Å²) in [5.74, 6) is 0.360. The number of hydrogen-bond donors (Lipinski definition) is 1. The lowest BCUT2D eigenvalue weighted by Gasteiger charge is -2.38. The van der Waals surface area contributed by atoms with Gasteiger partial charge in [-0.15, -0.1) is 11.8 Å². The number of Topliss-reactive ketones (excluding diaryl/α,β-unsaturated/α-hetero) is 1. The van der Waals surface area contributed by atoms with Gasteiger partial charge < -0.3 is 14.7 Å². The number of hydrogen-bond acceptors (Lipinski definition) is 6. The van der Waals surface area contributed by atoms with Gasteiger partial charge >= 0.3 is 5.97 Å². The molecule has 1 aromatic heterocycles. The molecule has 0 spiro atoms. The normalized spacial score (nSPS) is 18.1. The van der Waals surface area contributed by atoms with E-state index in [1.54, 1.807) is 43.1 Å². The molecule has 1 N–H and O–H groups in total. The molecule has 6 nitrogen and oxygen atoms in total. The molecule has 37 heavy (non-hydrogen) atoms. The van der Waals surface area contributed by atoms with E-state index >= 15 is 0 Å². The molecule has 2 atom stereocenters. The van der Waals surface area contributed by atoms with Gasteiger partial charge in [-0.2, -0.15) is 0 Å². The molecule has 1 saturated heterocycles. The highest BCUT2D eigenvalue weighted by Gasteiger charge is 2.31. The number of carboxylic acids is 1. The van der Waals surface area contributed by atoms with Crippen LogP contribution < -0.4 is 4.74 Å². The summed E-state index contributed by atoms with van der Waals surface area (Å²) in [6.07, 6.45) is 3.28. The Bertz CT molecular complexity index is 1270. The summed E-state index contributed by atoms with van der Waals surface area (Å²) < 4.78 is 18.7. The van der Waals surface area contributed by atoms with Crippen molar-refractivity contribution in [1.82, 2.24) is 9.88 Å². The van der Waals surface area contributed by atoms with Crippen molar-refractivity contribution in [2.45, 2.75) is 30.6 Å². The molecule has 2 aromatic carbocycles. The molecular formula is C28H30ClFN2O4S. The van der Waals surface area contributed by atoms with Crippen molar-refractivity contribution in [1.29, 1.82) is 0 Å². The van der Waals surface area contributed by atoms with Gasteiger partial charge in [0.1, 0.15) is 11.6 Å². The van der Waals surface area contributed by atoms with Crippen LogP contribution in [-0.2, 0) is 4.79 Å². The maximum atomic E-state index is 13.4. The van der Waals surface area contributed by atoms with Gasteiger partial charge in [0.25, 0.3) is 0 Å². The van der Waals surface area contributed by atoms with Crippen LogP contribution in [-0.4, -0.2) is 59.2 Å². The topological polar surface area (TPSA) is 79.7 Å². The number of carbonyl (C=O) groups is 2. The quantitative estimate of drug-likeness (QED) is 0.227. The molecule has 0 aliphatic carbocycles. The maximum Gasteiger partial charge on any atom is 0.303 e. The highest BCUT2D eigenvalue weighted by atomic mass is 35.5. The number of thioether (sulfide) groups is 1. The number of aliphatic carboxylic acids is 1. The van der Waals surface area contributed by atoms with E-state index in [1.807, 2.05) is 6.07 Å². The summed E-state index contributed by atoms with van der Waals surface area (Å²) in [5, 5.41) is 10.5. The fraction of sp³-hybridized carbons (Fsp3) is 0.393. The zero-order chi connectivity index (χ0) is 26.4. The van der Waals surface area contributed by atoms with Gasteiger partial charge in [-0.1, -0.05) is 17.7 Å². The van der Waals surface area contributed by atoms with Crippen molar-refractivity contribution in [3.8, 4) is 5.75 Å². The highest BCUT2D eigenvalue weighted by Crippen LogP contribution is 2.33. The van der Waals surface area contributed by atoms with Gasteiger partial charge in [0.05, 0.1) is 17.6 Å². The van der Waals surface area contributed by atoms with Crippen LogP contribution in [0, 0.1) is 17.7 Å². The number of nitrogens with zero attached hydrogens (tertiary/aromatic N) is 2. The van der Waals surface area contributed by atoms with Gasteiger partial charge in [0.2, 0.25) is 0 Å². The third-order valence-electron chi connectivity index (χ3n) is 6.93. The zero-order valence-corrected chi connectivity index (χ0v) is 22.2. The number of rotatable bonds is 11. The largest absolute Gasteiger partial charge is 0.497 e. The lowest BCUT2D eigenvalue weighted by molar-refractivity contribution is -0.139. The second-order valence-electron chi connectivity index (χ2n) is 9.34. The van der Waals surface area contributed by atoms with Crippen molar-refractivity contribution < 1.29 is 23.8 Å². The summed E-state index contributed by atoms with van der Waals surface area (Å²) in [6, 6.07) is 11.9. The average Bonchev–Trinajstić information content (AvgIpc) is 2.87. The van der Waals surface area contributed by atoms with E-state index in [1.165, 1.54) is 18.3 Å². The van der Waals surface area contributed by atoms with Crippen LogP contribution in [0.5, 0.6) is 5.75 Å². The summed E-state index contributed by atoms with van der Waals surface area (Å²) in [4.78, 5) is 32.4. The second kappa shape index (κ2) is 12.7. The van der Waals surface area contributed by atoms with Crippen molar-refractivity contribution in [2.75, 3.05) is 32.5 Å². The maximum absolute atomic E-state index is 13.4. The Balaban J connectivity index is 1.38. The number of benzene rings is 2. The summed E-state index contributed by atoms with van der Waals surface area (Å²) in [7, 11) is 1.57. The summed E-state index contributed by atoms with van der Waals surface area (Å²) >= 11 is 7.99. The molecule has 9 heteroatoms. The fourth-order valence-electron chi connectivity index (χ4n) is 5.04. The van der Waals surface area contributed by atoms with Gasteiger partial charge in [0, 0.05) is 53.7 Å². The molecule has 0 amide bonds. The first-order valence-electron chi connectivity index (χ1n) is 12.3. The lowest BCUT2D eigenvalue weighted by Crippen LogP contribution is -2.42. The van der Waals surface area contributed by atoms with Crippen molar-refractivity contribution in [3.05, 3.63) is 65.1 Å². The number of pyridine rings is 1. The predicted molar refractivity (Wildman–Crippen MR) is 144 cm³/mol. The van der Waals surface area contributed by atoms with E-state index < -0.39 is 5.97 Å². The Morgan fingerprint density at radius 1 is 1.24 bits per heavy atom. The minimum absolute atomic E-state index is 0.0389. The molecular weight excluding hydrogens is 515 g/mol. The van der Waals surface area contributed by atoms with E-state index in [9.17, 15) is 19.1 Å². The predicted octanol–water partition coefficient (Wildman–Crippen LogP) is 6.20. The lowest BCUT2D eigenvalue weighted by atomic mass is 9.79. The van der Waals surface area contributed by atoms with Gasteiger partial charge in [-0.25, -0.2) is 4.39 Å². The summed E-state index contributed by atoms with van der Waals surface area (Å²) in [6.45, 7) is 2.31. The standard InChI is InChI=1S/C28H30ClFN2O4S/c1-36-21-6-7-25-23(15-21)28(24(29)16-31-25)26(33)8-5-18-9-10-32(17-19(18)13-27(34)35)11-12-37-22-4-2-3-20(30)14-22/h2-4,6-7,14-16,18-19H,5,8-13,17H2,1H3,(H,34,35). The second-order valence-corrected chi connectivity index (χ2v) is 10.9. The van der Waals surface area contributed by atoms with Crippen molar-refractivity contribution in [2.24, 2.45) is 11.8 Å². The Labute approximate surface area is 225 Å². The van der Waals surface area contributed by atoms with Crippen LogP contribution in [0.4, 0.5) is 4.39 Å². The zero-order valence-electron chi connectivity index (χ0n) is 20.7. The number of piperidine rings is 1. The SMILES string of the molecule is COc1ccc2ncc(Cl)c(C(=O)CCC3CCN(CCSc4cccc(F)c4)CC3CC(=O)O)c2c1. The van der Waals surface area contributed by atoms with Crippen LogP contribution in [0.3, 0.4) is 0 Å². The van der Waals surface area contributed by atoms with Crippen LogP contribution in [0.1, 0.15) is 36.0 Å². The number of aromatic nitrogens is 1. The number of methoxy groups -OCH3 is 1. The molecule has 0 radical (unpaired) electrons. The molecule has 0 saturated carbocycles. The van der Waals surface area contributed by atoms with Crippen LogP contribution in [0.25, 0.3) is 10.9 Å². The Kier molecular flexibility index (Phi) is 9.40. The Hall–Kier alpha value is -2.68. The number of ketones is 1. The summed E-state index contributed by atoms with van der Waals surface area (Å²) in [5.41, 5.74) is 1.11. The number of carbonyl (C=O) groups excluding carboxylic acids is 1. The van der Waals surface area contributed by atoms with Gasteiger partial charge in [-0.3, -0.25) is 14.6 Å². The molecule has 2 unspecified atom stereocenters. The minimum atomic E-state index is -0.826. The Morgan fingerprint density at radius 2 is 2.08 bits per heavy atom. The highest BCUT2D eigenvalue weighted by molar-refractivity contribution is 7.99. The molecule has 1 aliphatic rings. The number of fused-ring (bicyclic) bond motifs is 1. The number of halogens is 2. The molecule has 0 bridgehead atoms. The third kappa shape index (κ3) is 7.21.